The fourth-order valence-corrected chi connectivity index (χ4v) is 3.20. The quantitative estimate of drug-likeness (QED) is 0.794. The van der Waals surface area contributed by atoms with Gasteiger partial charge in [0.25, 0.3) is 0 Å². The highest BCUT2D eigenvalue weighted by molar-refractivity contribution is 4.89. The highest BCUT2D eigenvalue weighted by atomic mass is 15.3. The molecule has 1 unspecified atom stereocenters. The molecule has 1 atom stereocenters. The van der Waals surface area contributed by atoms with Gasteiger partial charge in [0.05, 0.1) is 6.54 Å². The smallest absolute Gasteiger partial charge is 0.141 e. The number of nitrogens with zero attached hydrogens (tertiary/aromatic N) is 4. The summed E-state index contributed by atoms with van der Waals surface area (Å²) in [6, 6.07) is 0.672. The Kier molecular flexibility index (Phi) is 4.91. The van der Waals surface area contributed by atoms with Gasteiger partial charge in [-0.2, -0.15) is 5.10 Å². The lowest BCUT2D eigenvalue weighted by atomic mass is 10.2. The van der Waals surface area contributed by atoms with Crippen LogP contribution in [0, 0.1) is 11.8 Å². The van der Waals surface area contributed by atoms with Crippen LogP contribution in [0.3, 0.4) is 0 Å². The highest BCUT2D eigenvalue weighted by Gasteiger charge is 2.27. The van der Waals surface area contributed by atoms with Gasteiger partial charge in [0.2, 0.25) is 0 Å². The van der Waals surface area contributed by atoms with Crippen molar-refractivity contribution in [1.82, 2.24) is 25.0 Å². The first-order chi connectivity index (χ1) is 10.2. The van der Waals surface area contributed by atoms with Gasteiger partial charge in [0, 0.05) is 25.7 Å². The summed E-state index contributed by atoms with van der Waals surface area (Å²) in [6.45, 7) is 9.95. The standard InChI is InChI=1S/C16H29N5/c1-13(2)8-21-16(18-12-19-21)11-20(9-14-5-6-14)10-15-4-3-7-17-15/h12-15,17H,3-11H2,1-2H3. The van der Waals surface area contributed by atoms with Crippen LogP contribution in [0.4, 0.5) is 0 Å². The summed E-state index contributed by atoms with van der Waals surface area (Å²) in [4.78, 5) is 7.10. The van der Waals surface area contributed by atoms with Crippen LogP contribution >= 0.6 is 0 Å². The van der Waals surface area contributed by atoms with E-state index in [1.807, 2.05) is 0 Å². The zero-order valence-electron chi connectivity index (χ0n) is 13.5. The van der Waals surface area contributed by atoms with Crippen molar-refractivity contribution in [3.05, 3.63) is 12.2 Å². The van der Waals surface area contributed by atoms with Crippen LogP contribution in [-0.4, -0.2) is 45.3 Å². The van der Waals surface area contributed by atoms with E-state index in [1.165, 1.54) is 38.8 Å². The van der Waals surface area contributed by atoms with Gasteiger partial charge in [-0.15, -0.1) is 0 Å². The molecule has 1 saturated carbocycles. The highest BCUT2D eigenvalue weighted by Crippen LogP contribution is 2.30. The monoisotopic (exact) mass is 291 g/mol. The summed E-state index contributed by atoms with van der Waals surface area (Å²) in [5, 5.41) is 8.02. The number of hydrogen-bond donors (Lipinski definition) is 1. The number of aromatic nitrogens is 3. The van der Waals surface area contributed by atoms with E-state index < -0.39 is 0 Å². The van der Waals surface area contributed by atoms with E-state index >= 15 is 0 Å². The van der Waals surface area contributed by atoms with E-state index in [2.05, 4.69) is 38.8 Å². The summed E-state index contributed by atoms with van der Waals surface area (Å²) >= 11 is 0. The molecule has 0 spiro atoms. The first kappa shape index (κ1) is 15.0. The topological polar surface area (TPSA) is 46.0 Å². The molecule has 2 aliphatic rings. The second kappa shape index (κ2) is 6.88. The SMILES string of the molecule is CC(C)Cn1ncnc1CN(CC1CC1)CC1CCCN1. The largest absolute Gasteiger partial charge is 0.313 e. The molecule has 0 radical (unpaired) electrons. The molecule has 1 aliphatic heterocycles. The average Bonchev–Trinajstić information content (AvgIpc) is 2.91. The average molecular weight is 291 g/mol. The van der Waals surface area contributed by atoms with Crippen LogP contribution < -0.4 is 5.32 Å². The summed E-state index contributed by atoms with van der Waals surface area (Å²) in [5.74, 6) is 2.66. The van der Waals surface area contributed by atoms with Gasteiger partial charge in [0.1, 0.15) is 12.2 Å². The van der Waals surface area contributed by atoms with Crippen molar-refractivity contribution in [2.24, 2.45) is 11.8 Å². The van der Waals surface area contributed by atoms with Crippen LogP contribution in [0.25, 0.3) is 0 Å². The van der Waals surface area contributed by atoms with Gasteiger partial charge < -0.3 is 5.32 Å². The molecule has 0 amide bonds. The molecule has 5 heteroatoms. The van der Waals surface area contributed by atoms with E-state index in [1.54, 1.807) is 6.33 Å². The molecule has 1 aromatic heterocycles. The molecule has 0 bridgehead atoms. The Balaban J connectivity index is 1.60. The zero-order chi connectivity index (χ0) is 14.7. The minimum atomic E-state index is 0.610. The third kappa shape index (κ3) is 4.51. The number of hydrogen-bond acceptors (Lipinski definition) is 4. The molecule has 118 valence electrons. The van der Waals surface area contributed by atoms with Crippen molar-refractivity contribution >= 4 is 0 Å². The van der Waals surface area contributed by atoms with Crippen LogP contribution in [0.1, 0.15) is 45.4 Å². The molecule has 0 aromatic carbocycles. The zero-order valence-corrected chi connectivity index (χ0v) is 13.5. The molecular weight excluding hydrogens is 262 g/mol. The van der Waals surface area contributed by atoms with Gasteiger partial charge in [-0.1, -0.05) is 13.8 Å². The fourth-order valence-electron chi connectivity index (χ4n) is 3.20. The van der Waals surface area contributed by atoms with E-state index in [4.69, 9.17) is 0 Å². The molecule has 1 aliphatic carbocycles. The molecule has 2 fully saturated rings. The van der Waals surface area contributed by atoms with Crippen molar-refractivity contribution in [2.45, 2.75) is 58.7 Å². The molecule has 5 nitrogen and oxygen atoms in total. The predicted molar refractivity (Wildman–Crippen MR) is 83.9 cm³/mol. The second-order valence-electron chi connectivity index (χ2n) is 7.18. The minimum absolute atomic E-state index is 0.610. The van der Waals surface area contributed by atoms with Gasteiger partial charge in [0.15, 0.2) is 0 Å². The second-order valence-corrected chi connectivity index (χ2v) is 7.18. The molecular formula is C16H29N5. The summed E-state index contributed by atoms with van der Waals surface area (Å²) in [5.41, 5.74) is 0. The van der Waals surface area contributed by atoms with Crippen LogP contribution in [-0.2, 0) is 13.1 Å². The van der Waals surface area contributed by atoms with Crippen molar-refractivity contribution < 1.29 is 0 Å². The van der Waals surface area contributed by atoms with Crippen molar-refractivity contribution in [2.75, 3.05) is 19.6 Å². The number of rotatable bonds is 8. The van der Waals surface area contributed by atoms with Gasteiger partial charge in [-0.25, -0.2) is 9.67 Å². The van der Waals surface area contributed by atoms with Gasteiger partial charge >= 0.3 is 0 Å². The molecule has 1 N–H and O–H groups in total. The first-order valence-corrected chi connectivity index (χ1v) is 8.53. The maximum absolute atomic E-state index is 4.50. The van der Waals surface area contributed by atoms with Gasteiger partial charge in [-0.05, 0) is 44.1 Å². The summed E-state index contributed by atoms with van der Waals surface area (Å²) in [6.07, 6.45) is 7.17. The Labute approximate surface area is 128 Å². The Morgan fingerprint density at radius 3 is 2.86 bits per heavy atom. The van der Waals surface area contributed by atoms with Crippen LogP contribution in [0.5, 0.6) is 0 Å². The lowest BCUT2D eigenvalue weighted by Gasteiger charge is -2.25. The third-order valence-corrected chi connectivity index (χ3v) is 4.45. The van der Waals surface area contributed by atoms with E-state index in [-0.39, 0.29) is 0 Å². The first-order valence-electron chi connectivity index (χ1n) is 8.53. The van der Waals surface area contributed by atoms with E-state index in [9.17, 15) is 0 Å². The molecule has 2 heterocycles. The maximum atomic E-state index is 4.50. The van der Waals surface area contributed by atoms with E-state index in [0.717, 1.165) is 31.4 Å². The molecule has 1 aromatic rings. The Hall–Kier alpha value is -0.940. The predicted octanol–water partition coefficient (Wildman–Crippen LogP) is 1.90. The maximum Gasteiger partial charge on any atom is 0.141 e. The fraction of sp³-hybridized carbons (Fsp3) is 0.875. The normalized spacial score (nSPS) is 22.6. The van der Waals surface area contributed by atoms with Gasteiger partial charge in [-0.3, -0.25) is 4.90 Å². The number of nitrogens with one attached hydrogen (secondary N) is 1. The minimum Gasteiger partial charge on any atom is -0.313 e. The van der Waals surface area contributed by atoms with E-state index in [0.29, 0.717) is 12.0 Å². The Bertz CT molecular complexity index is 432. The Morgan fingerprint density at radius 2 is 2.19 bits per heavy atom. The Morgan fingerprint density at radius 1 is 1.33 bits per heavy atom. The van der Waals surface area contributed by atoms with Crippen molar-refractivity contribution in [3.8, 4) is 0 Å². The molecule has 3 rings (SSSR count). The lowest BCUT2D eigenvalue weighted by Crippen LogP contribution is -2.38. The third-order valence-electron chi connectivity index (χ3n) is 4.45. The van der Waals surface area contributed by atoms with Crippen LogP contribution in [0.15, 0.2) is 6.33 Å². The summed E-state index contributed by atoms with van der Waals surface area (Å²) < 4.78 is 2.09. The molecule has 1 saturated heterocycles. The summed E-state index contributed by atoms with van der Waals surface area (Å²) in [7, 11) is 0. The van der Waals surface area contributed by atoms with Crippen LogP contribution in [0.2, 0.25) is 0 Å². The molecule has 21 heavy (non-hydrogen) atoms. The lowest BCUT2D eigenvalue weighted by molar-refractivity contribution is 0.221. The van der Waals surface area contributed by atoms with Crippen molar-refractivity contribution in [1.29, 1.82) is 0 Å². The van der Waals surface area contributed by atoms with Crippen molar-refractivity contribution in [3.63, 3.8) is 0 Å².